The van der Waals surface area contributed by atoms with Crippen molar-refractivity contribution in [3.63, 3.8) is 0 Å². The van der Waals surface area contributed by atoms with Crippen LogP contribution in [0.2, 0.25) is 0 Å². The van der Waals surface area contributed by atoms with Crippen molar-refractivity contribution < 1.29 is 13.2 Å². The maximum absolute atomic E-state index is 12.7. The van der Waals surface area contributed by atoms with Gasteiger partial charge in [0.05, 0.1) is 11.8 Å². The van der Waals surface area contributed by atoms with Crippen molar-refractivity contribution in [1.82, 2.24) is 19.4 Å². The average molecular weight is 280 g/mol. The molecule has 0 radical (unpaired) electrons. The SMILES string of the molecule is O=c1ccnc(-c2cnc3ccc(C(F)(F)F)cn23)[nH]1. The van der Waals surface area contributed by atoms with E-state index in [1.165, 1.54) is 28.9 Å². The molecule has 5 nitrogen and oxygen atoms in total. The number of aromatic nitrogens is 4. The summed E-state index contributed by atoms with van der Waals surface area (Å²) in [6.45, 7) is 0. The van der Waals surface area contributed by atoms with Gasteiger partial charge in [-0.05, 0) is 12.1 Å². The fraction of sp³-hybridized carbons (Fsp3) is 0.0833. The molecule has 0 aliphatic carbocycles. The molecule has 0 aliphatic rings. The third-order valence-corrected chi connectivity index (χ3v) is 2.75. The Labute approximate surface area is 109 Å². The molecule has 3 aromatic rings. The van der Waals surface area contributed by atoms with Gasteiger partial charge in [0.25, 0.3) is 5.56 Å². The topological polar surface area (TPSA) is 63.1 Å². The average Bonchev–Trinajstić information content (AvgIpc) is 2.80. The molecule has 0 saturated carbocycles. The summed E-state index contributed by atoms with van der Waals surface area (Å²) in [6, 6.07) is 3.43. The first-order valence-corrected chi connectivity index (χ1v) is 5.55. The number of hydrogen-bond donors (Lipinski definition) is 1. The predicted octanol–water partition coefficient (Wildman–Crippen LogP) is 2.10. The van der Waals surface area contributed by atoms with E-state index < -0.39 is 17.3 Å². The van der Waals surface area contributed by atoms with Gasteiger partial charge < -0.3 is 4.98 Å². The molecule has 8 heteroatoms. The van der Waals surface area contributed by atoms with Crippen LogP contribution in [0.5, 0.6) is 0 Å². The lowest BCUT2D eigenvalue weighted by Gasteiger charge is -2.07. The van der Waals surface area contributed by atoms with Crippen LogP contribution in [-0.4, -0.2) is 19.4 Å². The molecule has 0 saturated heterocycles. The number of hydrogen-bond acceptors (Lipinski definition) is 3. The van der Waals surface area contributed by atoms with Crippen LogP contribution < -0.4 is 5.56 Å². The summed E-state index contributed by atoms with van der Waals surface area (Å²) in [4.78, 5) is 21.6. The van der Waals surface area contributed by atoms with Gasteiger partial charge in [0.1, 0.15) is 11.3 Å². The minimum atomic E-state index is -4.45. The van der Waals surface area contributed by atoms with Crippen LogP contribution in [0, 0.1) is 0 Å². The van der Waals surface area contributed by atoms with Gasteiger partial charge in [0, 0.05) is 18.5 Å². The van der Waals surface area contributed by atoms with Crippen molar-refractivity contribution in [2.24, 2.45) is 0 Å². The Bertz CT molecular complexity index is 834. The number of pyridine rings is 1. The molecule has 0 atom stereocenters. The molecule has 0 amide bonds. The van der Waals surface area contributed by atoms with Crippen LogP contribution in [0.25, 0.3) is 17.2 Å². The molecule has 102 valence electrons. The highest BCUT2D eigenvalue weighted by Gasteiger charge is 2.31. The zero-order valence-corrected chi connectivity index (χ0v) is 9.85. The first-order chi connectivity index (χ1) is 9.45. The van der Waals surface area contributed by atoms with E-state index in [0.29, 0.717) is 5.65 Å². The number of H-pyrrole nitrogens is 1. The quantitative estimate of drug-likeness (QED) is 0.742. The number of aromatic amines is 1. The minimum absolute atomic E-state index is 0.157. The second-order valence-electron chi connectivity index (χ2n) is 4.07. The van der Waals surface area contributed by atoms with E-state index >= 15 is 0 Å². The standard InChI is InChI=1S/C12H7F3N4O/c13-12(14,15)7-1-2-9-17-5-8(19(9)6-7)11-16-4-3-10(20)18-11/h1-6H,(H,16,18,20). The van der Waals surface area contributed by atoms with E-state index in [4.69, 9.17) is 0 Å². The summed E-state index contributed by atoms with van der Waals surface area (Å²) in [6.07, 6.45) is -0.896. The Morgan fingerprint density at radius 3 is 2.65 bits per heavy atom. The Morgan fingerprint density at radius 1 is 1.15 bits per heavy atom. The molecule has 3 aromatic heterocycles. The second kappa shape index (κ2) is 4.19. The van der Waals surface area contributed by atoms with Crippen molar-refractivity contribution in [3.05, 3.63) is 52.7 Å². The third-order valence-electron chi connectivity index (χ3n) is 2.75. The normalized spacial score (nSPS) is 11.9. The van der Waals surface area contributed by atoms with Gasteiger partial charge in [0.2, 0.25) is 0 Å². The van der Waals surface area contributed by atoms with Crippen molar-refractivity contribution in [2.75, 3.05) is 0 Å². The van der Waals surface area contributed by atoms with Crippen molar-refractivity contribution in [1.29, 1.82) is 0 Å². The fourth-order valence-electron chi connectivity index (χ4n) is 1.82. The molecular weight excluding hydrogens is 273 g/mol. The van der Waals surface area contributed by atoms with Crippen molar-refractivity contribution >= 4 is 5.65 Å². The summed E-state index contributed by atoms with van der Waals surface area (Å²) in [7, 11) is 0. The van der Waals surface area contributed by atoms with E-state index in [9.17, 15) is 18.0 Å². The number of fused-ring (bicyclic) bond motifs is 1. The van der Waals surface area contributed by atoms with Crippen LogP contribution in [-0.2, 0) is 6.18 Å². The number of nitrogens with zero attached hydrogens (tertiary/aromatic N) is 3. The highest BCUT2D eigenvalue weighted by atomic mass is 19.4. The number of rotatable bonds is 1. The minimum Gasteiger partial charge on any atom is -0.305 e. The van der Waals surface area contributed by atoms with Crippen LogP contribution in [0.3, 0.4) is 0 Å². The summed E-state index contributed by atoms with van der Waals surface area (Å²) >= 11 is 0. The summed E-state index contributed by atoms with van der Waals surface area (Å²) in [5.41, 5.74) is -0.581. The number of imidazole rings is 1. The number of nitrogens with one attached hydrogen (secondary N) is 1. The number of halogens is 3. The summed E-state index contributed by atoms with van der Waals surface area (Å²) in [5, 5.41) is 0. The van der Waals surface area contributed by atoms with Gasteiger partial charge in [-0.25, -0.2) is 9.97 Å². The lowest BCUT2D eigenvalue weighted by molar-refractivity contribution is -0.137. The Morgan fingerprint density at radius 2 is 1.95 bits per heavy atom. The van der Waals surface area contributed by atoms with Crippen LogP contribution in [0.4, 0.5) is 13.2 Å². The molecule has 0 bridgehead atoms. The van der Waals surface area contributed by atoms with Gasteiger partial charge >= 0.3 is 6.18 Å². The zero-order valence-electron chi connectivity index (χ0n) is 9.85. The van der Waals surface area contributed by atoms with Crippen molar-refractivity contribution in [3.8, 4) is 11.5 Å². The van der Waals surface area contributed by atoms with E-state index in [-0.39, 0.29) is 11.5 Å². The molecule has 0 aromatic carbocycles. The summed E-state index contributed by atoms with van der Waals surface area (Å²) in [5.74, 6) is 0.157. The first-order valence-electron chi connectivity index (χ1n) is 5.55. The van der Waals surface area contributed by atoms with E-state index in [0.717, 1.165) is 12.3 Å². The van der Waals surface area contributed by atoms with Crippen LogP contribution >= 0.6 is 0 Å². The van der Waals surface area contributed by atoms with Crippen LogP contribution in [0.15, 0.2) is 41.6 Å². The molecule has 1 N–H and O–H groups in total. The maximum atomic E-state index is 12.7. The summed E-state index contributed by atoms with van der Waals surface area (Å²) < 4.78 is 39.4. The van der Waals surface area contributed by atoms with Gasteiger partial charge in [-0.1, -0.05) is 0 Å². The Hall–Kier alpha value is -2.64. The lowest BCUT2D eigenvalue weighted by atomic mass is 10.2. The smallest absolute Gasteiger partial charge is 0.305 e. The molecule has 0 aliphatic heterocycles. The van der Waals surface area contributed by atoms with Gasteiger partial charge in [0.15, 0.2) is 5.82 Å². The Kier molecular flexibility index (Phi) is 2.60. The predicted molar refractivity (Wildman–Crippen MR) is 64.0 cm³/mol. The third kappa shape index (κ3) is 2.04. The first kappa shape index (κ1) is 12.4. The van der Waals surface area contributed by atoms with Gasteiger partial charge in [-0.15, -0.1) is 0 Å². The molecule has 3 heterocycles. The van der Waals surface area contributed by atoms with Crippen molar-refractivity contribution in [2.45, 2.75) is 6.18 Å². The molecule has 0 fully saturated rings. The van der Waals surface area contributed by atoms with E-state index in [1.807, 2.05) is 0 Å². The van der Waals surface area contributed by atoms with Gasteiger partial charge in [-0.2, -0.15) is 13.2 Å². The Balaban J connectivity index is 2.24. The molecule has 0 spiro atoms. The lowest BCUT2D eigenvalue weighted by Crippen LogP contribution is -2.08. The molecule has 3 rings (SSSR count). The largest absolute Gasteiger partial charge is 0.417 e. The molecular formula is C12H7F3N4O. The zero-order chi connectivity index (χ0) is 14.3. The van der Waals surface area contributed by atoms with E-state index in [1.54, 1.807) is 0 Å². The molecule has 0 unspecified atom stereocenters. The molecule has 20 heavy (non-hydrogen) atoms. The maximum Gasteiger partial charge on any atom is 0.417 e. The monoisotopic (exact) mass is 280 g/mol. The fourth-order valence-corrected chi connectivity index (χ4v) is 1.82. The second-order valence-corrected chi connectivity index (χ2v) is 4.07. The van der Waals surface area contributed by atoms with Gasteiger partial charge in [-0.3, -0.25) is 9.20 Å². The van der Waals surface area contributed by atoms with E-state index in [2.05, 4.69) is 15.0 Å². The highest BCUT2D eigenvalue weighted by molar-refractivity contribution is 5.57. The van der Waals surface area contributed by atoms with Crippen LogP contribution in [0.1, 0.15) is 5.56 Å². The number of alkyl halides is 3. The highest BCUT2D eigenvalue weighted by Crippen LogP contribution is 2.30.